The Morgan fingerprint density at radius 2 is 2.21 bits per heavy atom. The fourth-order valence-corrected chi connectivity index (χ4v) is 3.02. The van der Waals surface area contributed by atoms with E-state index in [9.17, 15) is 9.59 Å². The molecule has 3 N–H and O–H groups in total. The van der Waals surface area contributed by atoms with E-state index in [1.807, 2.05) is 13.2 Å². The van der Waals surface area contributed by atoms with Crippen molar-refractivity contribution in [3.8, 4) is 0 Å². The number of rotatable bonds is 6. The summed E-state index contributed by atoms with van der Waals surface area (Å²) >= 11 is 0. The highest BCUT2D eigenvalue weighted by atomic mass is 16.2. The zero-order chi connectivity index (χ0) is 17.2. The molecular formula is C16H22N6O2. The van der Waals surface area contributed by atoms with Crippen LogP contribution < -0.4 is 10.6 Å². The van der Waals surface area contributed by atoms with E-state index in [0.717, 1.165) is 30.5 Å². The summed E-state index contributed by atoms with van der Waals surface area (Å²) < 4.78 is 1.72. The number of H-pyrrole nitrogens is 1. The second kappa shape index (κ2) is 6.46. The molecule has 0 aliphatic heterocycles. The fraction of sp³-hybridized carbons (Fsp3) is 0.500. The summed E-state index contributed by atoms with van der Waals surface area (Å²) in [5.74, 6) is 0.322. The first-order valence-electron chi connectivity index (χ1n) is 8.09. The summed E-state index contributed by atoms with van der Waals surface area (Å²) in [6, 6.07) is 1.80. The molecule has 24 heavy (non-hydrogen) atoms. The van der Waals surface area contributed by atoms with Crippen molar-refractivity contribution in [3.05, 3.63) is 29.7 Å². The number of amides is 2. The molecule has 0 radical (unpaired) electrons. The molecule has 3 rings (SSSR count). The summed E-state index contributed by atoms with van der Waals surface area (Å²) in [5, 5.41) is 17.0. The van der Waals surface area contributed by atoms with Gasteiger partial charge in [0.1, 0.15) is 0 Å². The van der Waals surface area contributed by atoms with Gasteiger partial charge < -0.3 is 10.6 Å². The van der Waals surface area contributed by atoms with Gasteiger partial charge in [-0.1, -0.05) is 0 Å². The summed E-state index contributed by atoms with van der Waals surface area (Å²) in [4.78, 5) is 23.5. The maximum Gasteiger partial charge on any atom is 0.225 e. The molecule has 2 aromatic rings. The molecule has 2 aromatic heterocycles. The van der Waals surface area contributed by atoms with Gasteiger partial charge in [-0.3, -0.25) is 19.4 Å². The summed E-state index contributed by atoms with van der Waals surface area (Å²) in [7, 11) is 1.85. The van der Waals surface area contributed by atoms with E-state index in [1.54, 1.807) is 16.9 Å². The van der Waals surface area contributed by atoms with E-state index in [-0.39, 0.29) is 17.4 Å². The van der Waals surface area contributed by atoms with Crippen molar-refractivity contribution in [2.75, 3.05) is 5.32 Å². The van der Waals surface area contributed by atoms with E-state index in [4.69, 9.17) is 0 Å². The largest absolute Gasteiger partial charge is 0.345 e. The number of aromatic amines is 1. The maximum atomic E-state index is 12.1. The van der Waals surface area contributed by atoms with Gasteiger partial charge in [0.05, 0.1) is 17.4 Å². The topological polar surface area (TPSA) is 105 Å². The lowest BCUT2D eigenvalue weighted by atomic mass is 9.74. The maximum absolute atomic E-state index is 12.1. The average Bonchev–Trinajstić information content (AvgIpc) is 3.10. The van der Waals surface area contributed by atoms with Crippen molar-refractivity contribution < 1.29 is 9.59 Å². The molecule has 1 saturated carbocycles. The van der Waals surface area contributed by atoms with Crippen molar-refractivity contribution in [1.29, 1.82) is 0 Å². The fourth-order valence-electron chi connectivity index (χ4n) is 3.02. The second-order valence-electron chi connectivity index (χ2n) is 6.35. The molecule has 2 heterocycles. The van der Waals surface area contributed by atoms with Crippen LogP contribution in [0.25, 0.3) is 0 Å². The molecule has 1 aliphatic rings. The van der Waals surface area contributed by atoms with Crippen LogP contribution in [0.2, 0.25) is 0 Å². The quantitative estimate of drug-likeness (QED) is 0.741. The number of nitrogens with one attached hydrogen (secondary N) is 3. The number of anilines is 1. The number of carbonyl (C=O) groups excluding carboxylic acids is 2. The average molecular weight is 330 g/mol. The van der Waals surface area contributed by atoms with Gasteiger partial charge in [-0.05, 0) is 31.2 Å². The van der Waals surface area contributed by atoms with Gasteiger partial charge in [0, 0.05) is 32.7 Å². The highest BCUT2D eigenvalue weighted by Crippen LogP contribution is 2.40. The third-order valence-electron chi connectivity index (χ3n) is 4.38. The first-order valence-corrected chi connectivity index (χ1v) is 8.09. The van der Waals surface area contributed by atoms with Crippen LogP contribution in [0.5, 0.6) is 0 Å². The number of carbonyl (C=O) groups is 2. The van der Waals surface area contributed by atoms with Gasteiger partial charge in [-0.25, -0.2) is 0 Å². The standard InChI is InChI=1S/C16H22N6O2/c1-11(23)19-16(6-3-7-16)13-8-14(21-20-13)18-15(24)5-4-12-9-17-22(2)10-12/h8-10H,3-7H2,1-2H3,(H,19,23)(H2,18,20,21,24). The van der Waals surface area contributed by atoms with Gasteiger partial charge in [0.2, 0.25) is 11.8 Å². The number of aromatic nitrogens is 4. The van der Waals surface area contributed by atoms with Crippen molar-refractivity contribution in [1.82, 2.24) is 25.3 Å². The smallest absolute Gasteiger partial charge is 0.225 e. The molecule has 8 heteroatoms. The Bertz CT molecular complexity index is 743. The third-order valence-corrected chi connectivity index (χ3v) is 4.38. The first-order chi connectivity index (χ1) is 11.5. The minimum atomic E-state index is -0.364. The van der Waals surface area contributed by atoms with Crippen LogP contribution >= 0.6 is 0 Å². The predicted octanol–water partition coefficient (Wildman–Crippen LogP) is 1.23. The predicted molar refractivity (Wildman–Crippen MR) is 88.1 cm³/mol. The van der Waals surface area contributed by atoms with Crippen LogP contribution in [0.15, 0.2) is 18.5 Å². The van der Waals surface area contributed by atoms with Crippen LogP contribution in [0, 0.1) is 0 Å². The second-order valence-corrected chi connectivity index (χ2v) is 6.35. The lowest BCUT2D eigenvalue weighted by Crippen LogP contribution is -2.50. The molecule has 8 nitrogen and oxygen atoms in total. The highest BCUT2D eigenvalue weighted by molar-refractivity contribution is 5.89. The zero-order valence-corrected chi connectivity index (χ0v) is 13.9. The van der Waals surface area contributed by atoms with E-state index in [0.29, 0.717) is 18.7 Å². The minimum Gasteiger partial charge on any atom is -0.345 e. The van der Waals surface area contributed by atoms with Crippen LogP contribution in [0.3, 0.4) is 0 Å². The third kappa shape index (κ3) is 3.47. The zero-order valence-electron chi connectivity index (χ0n) is 13.9. The molecule has 128 valence electrons. The molecule has 0 spiro atoms. The van der Waals surface area contributed by atoms with Crippen molar-refractivity contribution in [2.24, 2.45) is 7.05 Å². The number of aryl methyl sites for hydroxylation is 2. The van der Waals surface area contributed by atoms with Crippen LogP contribution in [-0.4, -0.2) is 31.8 Å². The van der Waals surface area contributed by atoms with Gasteiger partial charge in [0.15, 0.2) is 5.82 Å². The number of hydrogen-bond acceptors (Lipinski definition) is 4. The summed E-state index contributed by atoms with van der Waals surface area (Å²) in [5.41, 5.74) is 1.50. The Labute approximate surface area is 140 Å². The Morgan fingerprint density at radius 1 is 1.42 bits per heavy atom. The van der Waals surface area contributed by atoms with E-state index >= 15 is 0 Å². The number of hydrogen-bond donors (Lipinski definition) is 3. The van der Waals surface area contributed by atoms with Crippen molar-refractivity contribution in [2.45, 2.75) is 44.6 Å². The van der Waals surface area contributed by atoms with Gasteiger partial charge in [-0.2, -0.15) is 10.2 Å². The van der Waals surface area contributed by atoms with Crippen LogP contribution in [-0.2, 0) is 28.6 Å². The Balaban J connectivity index is 1.57. The van der Waals surface area contributed by atoms with Gasteiger partial charge in [-0.15, -0.1) is 0 Å². The Morgan fingerprint density at radius 3 is 2.79 bits per heavy atom. The van der Waals surface area contributed by atoms with E-state index < -0.39 is 0 Å². The molecule has 0 unspecified atom stereocenters. The first kappa shape index (κ1) is 16.2. The molecule has 2 amide bonds. The Hall–Kier alpha value is -2.64. The lowest BCUT2D eigenvalue weighted by Gasteiger charge is -2.41. The summed E-state index contributed by atoms with van der Waals surface area (Å²) in [6.07, 6.45) is 7.47. The summed E-state index contributed by atoms with van der Waals surface area (Å²) in [6.45, 7) is 1.51. The molecule has 0 aromatic carbocycles. The lowest BCUT2D eigenvalue weighted by molar-refractivity contribution is -0.122. The Kier molecular flexibility index (Phi) is 4.37. The molecule has 0 saturated heterocycles. The molecular weight excluding hydrogens is 308 g/mol. The van der Waals surface area contributed by atoms with Gasteiger partial charge in [0.25, 0.3) is 0 Å². The normalized spacial score (nSPS) is 15.6. The SMILES string of the molecule is CC(=O)NC1(c2cc(NC(=O)CCc3cnn(C)c3)n[nH]2)CCC1. The van der Waals surface area contributed by atoms with Crippen molar-refractivity contribution in [3.63, 3.8) is 0 Å². The molecule has 1 aliphatic carbocycles. The van der Waals surface area contributed by atoms with Crippen molar-refractivity contribution >= 4 is 17.6 Å². The minimum absolute atomic E-state index is 0.0636. The van der Waals surface area contributed by atoms with E-state index in [1.165, 1.54) is 6.92 Å². The molecule has 0 bridgehead atoms. The monoisotopic (exact) mass is 330 g/mol. The molecule has 0 atom stereocenters. The highest BCUT2D eigenvalue weighted by Gasteiger charge is 2.41. The van der Waals surface area contributed by atoms with E-state index in [2.05, 4.69) is 25.9 Å². The number of nitrogens with zero attached hydrogens (tertiary/aromatic N) is 3. The van der Waals surface area contributed by atoms with Crippen LogP contribution in [0.1, 0.15) is 43.9 Å². The molecule has 1 fully saturated rings. The van der Waals surface area contributed by atoms with Gasteiger partial charge >= 0.3 is 0 Å². The van der Waals surface area contributed by atoms with Crippen LogP contribution in [0.4, 0.5) is 5.82 Å².